The van der Waals surface area contributed by atoms with Gasteiger partial charge in [0.05, 0.1) is 5.69 Å². The predicted octanol–water partition coefficient (Wildman–Crippen LogP) is 2.95. The molecule has 0 fully saturated rings. The molecule has 3 heteroatoms. The summed E-state index contributed by atoms with van der Waals surface area (Å²) in [5.41, 5.74) is 9.79. The van der Waals surface area contributed by atoms with Crippen molar-refractivity contribution in [3.05, 3.63) is 53.7 Å². The van der Waals surface area contributed by atoms with Crippen LogP contribution in [0.4, 0.5) is 0 Å². The van der Waals surface area contributed by atoms with E-state index >= 15 is 0 Å². The molecule has 2 aromatic rings. The highest BCUT2D eigenvalue weighted by molar-refractivity contribution is 6.17. The number of nitrogens with zero attached hydrogens (tertiary/aromatic N) is 1. The fourth-order valence-electron chi connectivity index (χ4n) is 1.53. The Morgan fingerprint density at radius 3 is 2.44 bits per heavy atom. The summed E-state index contributed by atoms with van der Waals surface area (Å²) >= 11 is 5.79. The first kappa shape index (κ1) is 11.1. The van der Waals surface area contributed by atoms with Crippen LogP contribution >= 0.6 is 11.6 Å². The largest absolute Gasteiger partial charge is 0.326 e. The van der Waals surface area contributed by atoms with Crippen molar-refractivity contribution < 1.29 is 0 Å². The van der Waals surface area contributed by atoms with Crippen molar-refractivity contribution in [1.29, 1.82) is 0 Å². The van der Waals surface area contributed by atoms with Crippen LogP contribution in [0.1, 0.15) is 11.1 Å². The molecule has 2 N–H and O–H groups in total. The zero-order valence-corrected chi connectivity index (χ0v) is 9.61. The topological polar surface area (TPSA) is 38.9 Å². The second-order valence-corrected chi connectivity index (χ2v) is 3.85. The minimum Gasteiger partial charge on any atom is -0.326 e. The highest BCUT2D eigenvalue weighted by Gasteiger charge is 2.00. The van der Waals surface area contributed by atoms with Crippen molar-refractivity contribution in [2.45, 2.75) is 12.4 Å². The Bertz CT molecular complexity index is 466. The number of rotatable bonds is 3. The molecule has 1 aromatic heterocycles. The van der Waals surface area contributed by atoms with E-state index in [1.807, 2.05) is 36.4 Å². The van der Waals surface area contributed by atoms with Gasteiger partial charge in [0.1, 0.15) is 0 Å². The minimum atomic E-state index is 0.510. The summed E-state index contributed by atoms with van der Waals surface area (Å²) in [6.45, 7) is 0.565. The van der Waals surface area contributed by atoms with E-state index in [4.69, 9.17) is 17.3 Å². The third-order valence-electron chi connectivity index (χ3n) is 2.46. The fraction of sp³-hybridized carbons (Fsp3) is 0.154. The van der Waals surface area contributed by atoms with Crippen molar-refractivity contribution in [3.63, 3.8) is 0 Å². The van der Waals surface area contributed by atoms with Gasteiger partial charge in [-0.25, -0.2) is 0 Å². The van der Waals surface area contributed by atoms with Crippen molar-refractivity contribution in [3.8, 4) is 11.3 Å². The molecule has 0 aliphatic carbocycles. The second kappa shape index (κ2) is 5.10. The number of hydrogen-bond acceptors (Lipinski definition) is 2. The molecule has 0 spiro atoms. The number of hydrogen-bond donors (Lipinski definition) is 1. The number of nitrogens with two attached hydrogens (primary N) is 1. The van der Waals surface area contributed by atoms with Crippen molar-refractivity contribution in [2.75, 3.05) is 0 Å². The van der Waals surface area contributed by atoms with Gasteiger partial charge < -0.3 is 5.73 Å². The van der Waals surface area contributed by atoms with E-state index in [9.17, 15) is 0 Å². The lowest BCUT2D eigenvalue weighted by Gasteiger charge is -2.03. The van der Waals surface area contributed by atoms with Gasteiger partial charge in [0.2, 0.25) is 0 Å². The standard InChI is InChI=1S/C13H13ClN2/c14-8-11-5-6-16-13(7-11)12-3-1-10(9-15)2-4-12/h1-7H,8-9,15H2. The van der Waals surface area contributed by atoms with Crippen LogP contribution in [0.15, 0.2) is 42.6 Å². The Labute approximate surface area is 100 Å². The molecule has 0 unspecified atom stereocenters. The molecule has 0 saturated carbocycles. The van der Waals surface area contributed by atoms with Crippen LogP contribution in [0.2, 0.25) is 0 Å². The number of alkyl halides is 1. The molecule has 0 aliphatic rings. The highest BCUT2D eigenvalue weighted by atomic mass is 35.5. The van der Waals surface area contributed by atoms with Crippen LogP contribution in [-0.2, 0) is 12.4 Å². The third kappa shape index (κ3) is 2.40. The van der Waals surface area contributed by atoms with Crippen molar-refractivity contribution in [2.24, 2.45) is 5.73 Å². The van der Waals surface area contributed by atoms with Crippen LogP contribution in [0.5, 0.6) is 0 Å². The van der Waals surface area contributed by atoms with Crippen LogP contribution in [0.3, 0.4) is 0 Å². The maximum Gasteiger partial charge on any atom is 0.0705 e. The third-order valence-corrected chi connectivity index (χ3v) is 2.77. The molecule has 0 saturated heterocycles. The van der Waals surface area contributed by atoms with Crippen molar-refractivity contribution >= 4 is 11.6 Å². The summed E-state index contributed by atoms with van der Waals surface area (Å²) in [5, 5.41) is 0. The first-order valence-corrected chi connectivity index (χ1v) is 5.67. The number of halogens is 1. The molecule has 1 aromatic carbocycles. The van der Waals surface area contributed by atoms with E-state index in [0.29, 0.717) is 12.4 Å². The molecular formula is C13H13ClN2. The summed E-state index contributed by atoms with van der Waals surface area (Å²) in [7, 11) is 0. The normalized spacial score (nSPS) is 10.4. The van der Waals surface area contributed by atoms with E-state index < -0.39 is 0 Å². The van der Waals surface area contributed by atoms with Gasteiger partial charge >= 0.3 is 0 Å². The van der Waals surface area contributed by atoms with Crippen LogP contribution < -0.4 is 5.73 Å². The molecule has 16 heavy (non-hydrogen) atoms. The predicted molar refractivity (Wildman–Crippen MR) is 67.1 cm³/mol. The van der Waals surface area contributed by atoms with E-state index in [-0.39, 0.29) is 0 Å². The van der Waals surface area contributed by atoms with E-state index in [2.05, 4.69) is 4.98 Å². The molecular weight excluding hydrogens is 220 g/mol. The Hall–Kier alpha value is -1.38. The summed E-state index contributed by atoms with van der Waals surface area (Å²) in [6.07, 6.45) is 1.78. The van der Waals surface area contributed by atoms with Crippen LogP contribution in [0.25, 0.3) is 11.3 Å². The molecule has 1 heterocycles. The van der Waals surface area contributed by atoms with Gasteiger partial charge in [-0.15, -0.1) is 11.6 Å². The maximum atomic E-state index is 5.79. The number of aromatic nitrogens is 1. The molecule has 0 atom stereocenters. The Kier molecular flexibility index (Phi) is 3.54. The first-order valence-electron chi connectivity index (χ1n) is 5.14. The number of benzene rings is 1. The SMILES string of the molecule is NCc1ccc(-c2cc(CCl)ccn2)cc1. The van der Waals surface area contributed by atoms with Gasteiger partial charge in [-0.2, -0.15) is 0 Å². The lowest BCUT2D eigenvalue weighted by molar-refractivity contribution is 1.07. The Morgan fingerprint density at radius 1 is 1.06 bits per heavy atom. The molecule has 82 valence electrons. The molecule has 0 aliphatic heterocycles. The molecule has 0 bridgehead atoms. The molecule has 0 amide bonds. The summed E-state index contributed by atoms with van der Waals surface area (Å²) < 4.78 is 0. The molecule has 2 rings (SSSR count). The molecule has 2 nitrogen and oxygen atoms in total. The average molecular weight is 233 g/mol. The van der Waals surface area contributed by atoms with Gasteiger partial charge in [0.15, 0.2) is 0 Å². The second-order valence-electron chi connectivity index (χ2n) is 3.58. The summed E-state index contributed by atoms with van der Waals surface area (Å²) in [4.78, 5) is 4.32. The maximum absolute atomic E-state index is 5.79. The quantitative estimate of drug-likeness (QED) is 0.827. The fourth-order valence-corrected chi connectivity index (χ4v) is 1.69. The lowest BCUT2D eigenvalue weighted by atomic mass is 10.1. The molecule has 0 radical (unpaired) electrons. The van der Waals surface area contributed by atoms with Crippen molar-refractivity contribution in [1.82, 2.24) is 4.98 Å². The Morgan fingerprint density at radius 2 is 1.81 bits per heavy atom. The summed E-state index contributed by atoms with van der Waals surface area (Å²) in [6, 6.07) is 12.0. The summed E-state index contributed by atoms with van der Waals surface area (Å²) in [5.74, 6) is 0.510. The smallest absolute Gasteiger partial charge is 0.0705 e. The number of pyridine rings is 1. The van der Waals surface area contributed by atoms with Gasteiger partial charge in [-0.3, -0.25) is 4.98 Å². The van der Waals surface area contributed by atoms with E-state index in [1.165, 1.54) is 0 Å². The average Bonchev–Trinajstić information content (AvgIpc) is 2.39. The van der Waals surface area contributed by atoms with Gasteiger partial charge in [0, 0.05) is 24.2 Å². The monoisotopic (exact) mass is 232 g/mol. The van der Waals surface area contributed by atoms with Gasteiger partial charge in [-0.1, -0.05) is 24.3 Å². The van der Waals surface area contributed by atoms with Crippen LogP contribution in [0, 0.1) is 0 Å². The van der Waals surface area contributed by atoms with E-state index in [1.54, 1.807) is 6.20 Å². The zero-order valence-electron chi connectivity index (χ0n) is 8.86. The van der Waals surface area contributed by atoms with Gasteiger partial charge in [0.25, 0.3) is 0 Å². The van der Waals surface area contributed by atoms with E-state index in [0.717, 1.165) is 22.4 Å². The van der Waals surface area contributed by atoms with Gasteiger partial charge in [-0.05, 0) is 23.3 Å². The van der Waals surface area contributed by atoms with Crippen LogP contribution in [-0.4, -0.2) is 4.98 Å². The lowest BCUT2D eigenvalue weighted by Crippen LogP contribution is -1.95. The first-order chi connectivity index (χ1) is 7.83. The minimum absolute atomic E-state index is 0.510. The zero-order chi connectivity index (χ0) is 11.4. The highest BCUT2D eigenvalue weighted by Crippen LogP contribution is 2.19. The Balaban J connectivity index is 2.34.